The van der Waals surface area contributed by atoms with Crippen molar-refractivity contribution in [3.05, 3.63) is 0 Å². The average molecular weight is 488 g/mol. The smallest absolute Gasteiger partial charge is 0.326 e. The van der Waals surface area contributed by atoms with E-state index in [9.17, 15) is 33.9 Å². The van der Waals surface area contributed by atoms with E-state index in [1.807, 2.05) is 0 Å². The quantitative estimate of drug-likeness (QED) is 0.137. The monoisotopic (exact) mass is 487 g/mol. The predicted molar refractivity (Wildman–Crippen MR) is 121 cm³/mol. The number of carboxylic acid groups (broad SMARTS) is 2. The van der Waals surface area contributed by atoms with Gasteiger partial charge in [-0.15, -0.1) is 0 Å². The molecule has 0 aliphatic heterocycles. The molecule has 0 aromatic rings. The molecule has 0 fully saturated rings. The molecule has 34 heavy (non-hydrogen) atoms. The van der Waals surface area contributed by atoms with Gasteiger partial charge in [-0.25, -0.2) is 4.79 Å². The summed E-state index contributed by atoms with van der Waals surface area (Å²) < 4.78 is 0. The van der Waals surface area contributed by atoms with E-state index in [-0.39, 0.29) is 18.8 Å². The van der Waals surface area contributed by atoms with Crippen molar-refractivity contribution in [3.63, 3.8) is 0 Å². The summed E-state index contributed by atoms with van der Waals surface area (Å²) in [5.41, 5.74) is 10.8. The third-order valence-corrected chi connectivity index (χ3v) is 5.61. The van der Waals surface area contributed by atoms with Crippen LogP contribution in [0.4, 0.5) is 0 Å². The molecule has 4 amide bonds. The minimum Gasteiger partial charge on any atom is -0.481 e. The lowest BCUT2D eigenvalue weighted by atomic mass is 9.95. The third-order valence-electron chi connectivity index (χ3n) is 5.61. The van der Waals surface area contributed by atoms with E-state index in [2.05, 4.69) is 16.0 Å². The highest BCUT2D eigenvalue weighted by Gasteiger charge is 2.34. The Bertz CT molecular complexity index is 759. The summed E-state index contributed by atoms with van der Waals surface area (Å²) in [7, 11) is 0. The SMILES string of the molecule is CCC(C)C(NC(=O)C(NC(=O)C(CC(N)=O)NC(=O)C(N)CCC(=O)O)C(C)CC)C(=O)O. The standard InChI is InChI=1S/C21H37N5O8/c1-5-10(3)16(20(32)26-17(21(33)34)11(4)6-2)25-19(31)13(9-14(23)27)24-18(30)12(22)7-8-15(28)29/h10-13,16-17H,5-9,22H2,1-4H3,(H2,23,27)(H,24,30)(H,25,31)(H,26,32)(H,28,29)(H,33,34). The number of nitrogens with two attached hydrogens (primary N) is 2. The van der Waals surface area contributed by atoms with Crippen molar-refractivity contribution in [2.24, 2.45) is 23.3 Å². The highest BCUT2D eigenvalue weighted by Crippen LogP contribution is 2.13. The number of carboxylic acids is 2. The van der Waals surface area contributed by atoms with E-state index >= 15 is 0 Å². The minimum atomic E-state index is -1.47. The predicted octanol–water partition coefficient (Wildman–Crippen LogP) is -1.31. The highest BCUT2D eigenvalue weighted by molar-refractivity contribution is 5.96. The number of carbonyl (C=O) groups is 6. The number of hydrogen-bond acceptors (Lipinski definition) is 7. The molecule has 0 radical (unpaired) electrons. The molecular formula is C21H37N5O8. The first-order chi connectivity index (χ1) is 15.7. The van der Waals surface area contributed by atoms with Crippen molar-refractivity contribution in [2.45, 2.75) is 84.0 Å². The Labute approximate surface area is 198 Å². The fourth-order valence-corrected chi connectivity index (χ4v) is 2.98. The van der Waals surface area contributed by atoms with Gasteiger partial charge >= 0.3 is 11.9 Å². The number of primary amides is 1. The Hall–Kier alpha value is -3.22. The lowest BCUT2D eigenvalue weighted by Crippen LogP contribution is -2.59. The first-order valence-electron chi connectivity index (χ1n) is 11.1. The molecule has 0 saturated carbocycles. The minimum absolute atomic E-state index is 0.198. The first kappa shape index (κ1) is 30.8. The zero-order chi connectivity index (χ0) is 26.6. The Kier molecular flexibility index (Phi) is 13.4. The molecule has 9 N–H and O–H groups in total. The average Bonchev–Trinajstić information content (AvgIpc) is 2.76. The number of hydrogen-bond donors (Lipinski definition) is 7. The van der Waals surface area contributed by atoms with Crippen LogP contribution in [-0.4, -0.2) is 69.9 Å². The maximum atomic E-state index is 12.9. The number of carbonyl (C=O) groups excluding carboxylic acids is 4. The molecule has 6 atom stereocenters. The Balaban J connectivity index is 5.59. The van der Waals surface area contributed by atoms with E-state index < -0.39 is 72.1 Å². The van der Waals surface area contributed by atoms with Crippen molar-refractivity contribution in [2.75, 3.05) is 0 Å². The van der Waals surface area contributed by atoms with Crippen molar-refractivity contribution in [3.8, 4) is 0 Å². The Morgan fingerprint density at radius 1 is 0.794 bits per heavy atom. The van der Waals surface area contributed by atoms with Gasteiger partial charge in [0.05, 0.1) is 12.5 Å². The molecule has 0 heterocycles. The van der Waals surface area contributed by atoms with E-state index in [0.717, 1.165) is 0 Å². The van der Waals surface area contributed by atoms with E-state index in [0.29, 0.717) is 12.8 Å². The number of rotatable bonds is 16. The molecular weight excluding hydrogens is 450 g/mol. The van der Waals surface area contributed by atoms with E-state index in [4.69, 9.17) is 16.6 Å². The van der Waals surface area contributed by atoms with Crippen LogP contribution in [0.2, 0.25) is 0 Å². The van der Waals surface area contributed by atoms with Gasteiger partial charge in [0.2, 0.25) is 23.6 Å². The maximum Gasteiger partial charge on any atom is 0.326 e. The van der Waals surface area contributed by atoms with E-state index in [1.54, 1.807) is 27.7 Å². The van der Waals surface area contributed by atoms with Crippen LogP contribution in [0.5, 0.6) is 0 Å². The normalized spacial score (nSPS) is 16.1. The molecule has 0 aliphatic rings. The van der Waals surface area contributed by atoms with Gasteiger partial charge in [0.25, 0.3) is 0 Å². The molecule has 6 unspecified atom stereocenters. The molecule has 0 aromatic carbocycles. The van der Waals surface area contributed by atoms with Crippen LogP contribution in [0.15, 0.2) is 0 Å². The van der Waals surface area contributed by atoms with Crippen molar-refractivity contribution in [1.82, 2.24) is 16.0 Å². The molecule has 194 valence electrons. The van der Waals surface area contributed by atoms with Gasteiger partial charge in [0.1, 0.15) is 18.1 Å². The van der Waals surface area contributed by atoms with Gasteiger partial charge in [-0.3, -0.25) is 24.0 Å². The van der Waals surface area contributed by atoms with Gasteiger partial charge in [-0.05, 0) is 18.3 Å². The van der Waals surface area contributed by atoms with Crippen LogP contribution in [-0.2, 0) is 28.8 Å². The summed E-state index contributed by atoms with van der Waals surface area (Å²) >= 11 is 0. The highest BCUT2D eigenvalue weighted by atomic mass is 16.4. The summed E-state index contributed by atoms with van der Waals surface area (Å²) in [6.45, 7) is 6.89. The summed E-state index contributed by atoms with van der Waals surface area (Å²) in [6.07, 6.45) is -0.226. The zero-order valence-electron chi connectivity index (χ0n) is 20.0. The zero-order valence-corrected chi connectivity index (χ0v) is 20.0. The van der Waals surface area contributed by atoms with Crippen molar-refractivity contribution < 1.29 is 39.0 Å². The van der Waals surface area contributed by atoms with Gasteiger partial charge in [0, 0.05) is 6.42 Å². The number of aliphatic carboxylic acids is 2. The number of amides is 4. The van der Waals surface area contributed by atoms with Gasteiger partial charge in [0.15, 0.2) is 0 Å². The summed E-state index contributed by atoms with van der Waals surface area (Å²) in [4.78, 5) is 71.8. The summed E-state index contributed by atoms with van der Waals surface area (Å²) in [6, 6.07) is -5.05. The molecule has 0 bridgehead atoms. The molecule has 0 saturated heterocycles. The van der Waals surface area contributed by atoms with E-state index in [1.165, 1.54) is 0 Å². The molecule has 13 heteroatoms. The van der Waals surface area contributed by atoms with Gasteiger partial charge < -0.3 is 37.6 Å². The molecule has 0 rings (SSSR count). The first-order valence-corrected chi connectivity index (χ1v) is 11.1. The second kappa shape index (κ2) is 14.8. The third kappa shape index (κ3) is 10.6. The lowest BCUT2D eigenvalue weighted by molar-refractivity contribution is -0.144. The molecule has 0 spiro atoms. The fourth-order valence-electron chi connectivity index (χ4n) is 2.98. The molecule has 13 nitrogen and oxygen atoms in total. The Morgan fingerprint density at radius 2 is 1.29 bits per heavy atom. The summed E-state index contributed by atoms with van der Waals surface area (Å²) in [5.74, 6) is -6.56. The fraction of sp³-hybridized carbons (Fsp3) is 0.714. The van der Waals surface area contributed by atoms with Crippen LogP contribution in [0, 0.1) is 11.8 Å². The van der Waals surface area contributed by atoms with Crippen LogP contribution >= 0.6 is 0 Å². The Morgan fingerprint density at radius 3 is 1.74 bits per heavy atom. The van der Waals surface area contributed by atoms with Crippen molar-refractivity contribution in [1.29, 1.82) is 0 Å². The second-order valence-electron chi connectivity index (χ2n) is 8.35. The number of nitrogens with one attached hydrogen (secondary N) is 3. The topological polar surface area (TPSA) is 231 Å². The summed E-state index contributed by atoms with van der Waals surface area (Å²) in [5, 5.41) is 25.3. The van der Waals surface area contributed by atoms with Gasteiger partial charge in [-0.2, -0.15) is 0 Å². The van der Waals surface area contributed by atoms with Crippen LogP contribution < -0.4 is 27.4 Å². The van der Waals surface area contributed by atoms with Crippen LogP contribution in [0.3, 0.4) is 0 Å². The van der Waals surface area contributed by atoms with Crippen LogP contribution in [0.25, 0.3) is 0 Å². The molecule has 0 aliphatic carbocycles. The largest absolute Gasteiger partial charge is 0.481 e. The van der Waals surface area contributed by atoms with Crippen LogP contribution in [0.1, 0.15) is 59.8 Å². The van der Waals surface area contributed by atoms with Crippen molar-refractivity contribution >= 4 is 35.6 Å². The maximum absolute atomic E-state index is 12.9. The lowest BCUT2D eigenvalue weighted by Gasteiger charge is -2.29. The van der Waals surface area contributed by atoms with Gasteiger partial charge in [-0.1, -0.05) is 40.5 Å². The molecule has 0 aromatic heterocycles. The second-order valence-corrected chi connectivity index (χ2v) is 8.35.